The van der Waals surface area contributed by atoms with Gasteiger partial charge in [0.1, 0.15) is 0 Å². The number of amides is 1. The maximum Gasteiger partial charge on any atom is 0.337 e. The standard InChI is InChI=1S/C20H19N3O6S/c21-11-13-3-8-18(17(10-13)20(26)27)22-19(25)14-4-6-16(7-5-14)30(28,29)23-9-1-2-15(23)12-24/h3-8,10,15,24H,1-2,9,12H2,(H,22,25)(H,26,27). The minimum Gasteiger partial charge on any atom is -0.478 e. The molecule has 2 aromatic carbocycles. The highest BCUT2D eigenvalue weighted by atomic mass is 32.2. The Morgan fingerprint density at radius 1 is 1.20 bits per heavy atom. The molecule has 1 saturated heterocycles. The molecule has 30 heavy (non-hydrogen) atoms. The molecule has 1 aliphatic heterocycles. The summed E-state index contributed by atoms with van der Waals surface area (Å²) in [4.78, 5) is 23.9. The topological polar surface area (TPSA) is 148 Å². The summed E-state index contributed by atoms with van der Waals surface area (Å²) >= 11 is 0. The number of aromatic carboxylic acids is 1. The van der Waals surface area contributed by atoms with Crippen molar-refractivity contribution < 1.29 is 28.2 Å². The maximum atomic E-state index is 12.8. The van der Waals surface area contributed by atoms with Crippen LogP contribution in [-0.2, 0) is 10.0 Å². The monoisotopic (exact) mass is 429 g/mol. The summed E-state index contributed by atoms with van der Waals surface area (Å²) in [7, 11) is -3.79. The van der Waals surface area contributed by atoms with Gasteiger partial charge in [-0.1, -0.05) is 0 Å². The quantitative estimate of drug-likeness (QED) is 0.632. The molecule has 2 aromatic rings. The number of sulfonamides is 1. The first-order chi connectivity index (χ1) is 14.3. The molecular weight excluding hydrogens is 410 g/mol. The van der Waals surface area contributed by atoms with Gasteiger partial charge in [0.05, 0.1) is 34.4 Å². The number of hydrogen-bond acceptors (Lipinski definition) is 6. The molecule has 0 bridgehead atoms. The molecule has 1 atom stereocenters. The van der Waals surface area contributed by atoms with Crippen molar-refractivity contribution in [1.29, 1.82) is 5.26 Å². The van der Waals surface area contributed by atoms with Crippen molar-refractivity contribution in [2.75, 3.05) is 18.5 Å². The number of carbonyl (C=O) groups is 2. The molecule has 3 rings (SSSR count). The van der Waals surface area contributed by atoms with E-state index >= 15 is 0 Å². The Hall–Kier alpha value is -3.26. The van der Waals surface area contributed by atoms with Gasteiger partial charge in [0.15, 0.2) is 0 Å². The van der Waals surface area contributed by atoms with E-state index in [1.165, 1.54) is 40.7 Å². The van der Waals surface area contributed by atoms with E-state index in [1.54, 1.807) is 0 Å². The Morgan fingerprint density at radius 3 is 2.50 bits per heavy atom. The van der Waals surface area contributed by atoms with Crippen LogP contribution in [0.1, 0.15) is 39.1 Å². The first-order valence-corrected chi connectivity index (χ1v) is 10.5. The highest BCUT2D eigenvalue weighted by Gasteiger charge is 2.34. The second-order valence-electron chi connectivity index (χ2n) is 6.75. The summed E-state index contributed by atoms with van der Waals surface area (Å²) in [6.45, 7) is 0.0721. The average molecular weight is 429 g/mol. The van der Waals surface area contributed by atoms with E-state index in [0.717, 1.165) is 6.07 Å². The Kier molecular flexibility index (Phi) is 6.17. The number of nitrogens with one attached hydrogen (secondary N) is 1. The fourth-order valence-corrected chi connectivity index (χ4v) is 5.00. The first kappa shape index (κ1) is 21.4. The Bertz CT molecular complexity index is 1120. The number of hydrogen-bond donors (Lipinski definition) is 3. The number of carboxylic acid groups (broad SMARTS) is 1. The number of carbonyl (C=O) groups excluding carboxylic acids is 1. The highest BCUT2D eigenvalue weighted by Crippen LogP contribution is 2.26. The molecule has 0 aliphatic carbocycles. The number of aliphatic hydroxyl groups excluding tert-OH is 1. The Labute approximate surface area is 173 Å². The lowest BCUT2D eigenvalue weighted by Gasteiger charge is -2.22. The van der Waals surface area contributed by atoms with Crippen LogP contribution in [-0.4, -0.2) is 54.0 Å². The zero-order valence-corrected chi connectivity index (χ0v) is 16.6. The van der Waals surface area contributed by atoms with Crippen LogP contribution in [0.15, 0.2) is 47.4 Å². The maximum absolute atomic E-state index is 12.8. The minimum atomic E-state index is -3.79. The molecule has 3 N–H and O–H groups in total. The van der Waals surface area contributed by atoms with Gasteiger partial charge in [-0.3, -0.25) is 4.79 Å². The second kappa shape index (κ2) is 8.62. The highest BCUT2D eigenvalue weighted by molar-refractivity contribution is 7.89. The summed E-state index contributed by atoms with van der Waals surface area (Å²) in [6.07, 6.45) is 1.26. The molecule has 9 nitrogen and oxygen atoms in total. The molecule has 1 heterocycles. The molecular formula is C20H19N3O6S. The van der Waals surface area contributed by atoms with Crippen molar-refractivity contribution >= 4 is 27.6 Å². The second-order valence-corrected chi connectivity index (χ2v) is 8.64. The van der Waals surface area contributed by atoms with Crippen LogP contribution in [0.4, 0.5) is 5.69 Å². The van der Waals surface area contributed by atoms with Crippen molar-refractivity contribution in [3.63, 3.8) is 0 Å². The van der Waals surface area contributed by atoms with Gasteiger partial charge in [-0.15, -0.1) is 0 Å². The molecule has 1 aliphatic rings. The Balaban J connectivity index is 1.81. The van der Waals surface area contributed by atoms with Crippen molar-refractivity contribution in [2.45, 2.75) is 23.8 Å². The van der Waals surface area contributed by atoms with Gasteiger partial charge in [0.25, 0.3) is 5.91 Å². The summed E-state index contributed by atoms with van der Waals surface area (Å²) in [6, 6.07) is 10.5. The van der Waals surface area contributed by atoms with E-state index < -0.39 is 27.9 Å². The van der Waals surface area contributed by atoms with Crippen LogP contribution in [0, 0.1) is 11.3 Å². The smallest absolute Gasteiger partial charge is 0.337 e. The third-order valence-electron chi connectivity index (χ3n) is 4.88. The van der Waals surface area contributed by atoms with Gasteiger partial charge in [-0.2, -0.15) is 9.57 Å². The number of nitrogens with zero attached hydrogens (tertiary/aromatic N) is 2. The zero-order chi connectivity index (χ0) is 21.9. The molecule has 0 aromatic heterocycles. The largest absolute Gasteiger partial charge is 0.478 e. The first-order valence-electron chi connectivity index (χ1n) is 9.09. The van der Waals surface area contributed by atoms with Gasteiger partial charge >= 0.3 is 5.97 Å². The van der Waals surface area contributed by atoms with E-state index in [9.17, 15) is 28.2 Å². The van der Waals surface area contributed by atoms with E-state index in [-0.39, 0.29) is 33.9 Å². The summed E-state index contributed by atoms with van der Waals surface area (Å²) < 4.78 is 26.8. The van der Waals surface area contributed by atoms with E-state index in [2.05, 4.69) is 5.32 Å². The van der Waals surface area contributed by atoms with Gasteiger partial charge in [-0.05, 0) is 55.3 Å². The molecule has 156 valence electrons. The minimum absolute atomic E-state index is 0.00370. The third kappa shape index (κ3) is 4.18. The predicted molar refractivity (Wildman–Crippen MR) is 107 cm³/mol. The zero-order valence-electron chi connectivity index (χ0n) is 15.8. The molecule has 0 saturated carbocycles. The lowest BCUT2D eigenvalue weighted by Crippen LogP contribution is -2.37. The number of carboxylic acids is 1. The lowest BCUT2D eigenvalue weighted by atomic mass is 10.1. The van der Waals surface area contributed by atoms with Crippen molar-refractivity contribution in [2.24, 2.45) is 0 Å². The molecule has 0 radical (unpaired) electrons. The van der Waals surface area contributed by atoms with E-state index in [1.807, 2.05) is 6.07 Å². The van der Waals surface area contributed by atoms with E-state index in [4.69, 9.17) is 5.26 Å². The normalized spacial score (nSPS) is 16.7. The summed E-state index contributed by atoms with van der Waals surface area (Å²) in [5.74, 6) is -1.92. The van der Waals surface area contributed by atoms with Crippen LogP contribution < -0.4 is 5.32 Å². The van der Waals surface area contributed by atoms with Crippen molar-refractivity contribution in [3.8, 4) is 6.07 Å². The molecule has 1 unspecified atom stereocenters. The third-order valence-corrected chi connectivity index (χ3v) is 6.85. The van der Waals surface area contributed by atoms with Crippen LogP contribution in [0.5, 0.6) is 0 Å². The predicted octanol–water partition coefficient (Wildman–Crippen LogP) is 1.65. The Morgan fingerprint density at radius 2 is 1.90 bits per heavy atom. The van der Waals surface area contributed by atoms with Crippen LogP contribution in [0.25, 0.3) is 0 Å². The lowest BCUT2D eigenvalue weighted by molar-refractivity contribution is 0.0698. The summed E-state index contributed by atoms with van der Waals surface area (Å²) in [5, 5.41) is 30.0. The molecule has 10 heteroatoms. The summed E-state index contributed by atoms with van der Waals surface area (Å²) in [5.41, 5.74) is 0.0644. The molecule has 0 spiro atoms. The number of rotatable bonds is 6. The molecule has 1 fully saturated rings. The molecule has 1 amide bonds. The van der Waals surface area contributed by atoms with Crippen LogP contribution >= 0.6 is 0 Å². The number of anilines is 1. The average Bonchev–Trinajstić information content (AvgIpc) is 3.23. The number of aliphatic hydroxyl groups is 1. The van der Waals surface area contributed by atoms with Gasteiger partial charge in [-0.25, -0.2) is 13.2 Å². The SMILES string of the molecule is N#Cc1ccc(NC(=O)c2ccc(S(=O)(=O)N3CCCC3CO)cc2)c(C(=O)O)c1. The van der Waals surface area contributed by atoms with Crippen molar-refractivity contribution in [1.82, 2.24) is 4.31 Å². The van der Waals surface area contributed by atoms with Gasteiger partial charge < -0.3 is 15.5 Å². The van der Waals surface area contributed by atoms with Gasteiger partial charge in [0, 0.05) is 18.2 Å². The van der Waals surface area contributed by atoms with Crippen molar-refractivity contribution in [3.05, 3.63) is 59.2 Å². The fourth-order valence-electron chi connectivity index (χ4n) is 3.32. The number of benzene rings is 2. The number of nitriles is 1. The van der Waals surface area contributed by atoms with E-state index in [0.29, 0.717) is 19.4 Å². The fraction of sp³-hybridized carbons (Fsp3) is 0.250. The van der Waals surface area contributed by atoms with Gasteiger partial charge in [0.2, 0.25) is 10.0 Å². The van der Waals surface area contributed by atoms with Crippen LogP contribution in [0.3, 0.4) is 0 Å². The van der Waals surface area contributed by atoms with Crippen LogP contribution in [0.2, 0.25) is 0 Å².